The molecule has 2 rings (SSSR count). The minimum Gasteiger partial charge on any atom is -0.374 e. The minimum atomic E-state index is -3.59. The summed E-state index contributed by atoms with van der Waals surface area (Å²) < 4.78 is 33.7. The van der Waals surface area contributed by atoms with Crippen LogP contribution in [0.15, 0.2) is 11.2 Å². The number of rotatable bonds is 3. The van der Waals surface area contributed by atoms with E-state index in [0.29, 0.717) is 19.0 Å². The number of hydrogen-bond acceptors (Lipinski definition) is 5. The van der Waals surface area contributed by atoms with Crippen molar-refractivity contribution in [1.29, 1.82) is 0 Å². The lowest BCUT2D eigenvalue weighted by molar-refractivity contribution is -0.0220. The first kappa shape index (κ1) is 14.4. The Hall–Kier alpha value is -0.960. The van der Waals surface area contributed by atoms with Crippen molar-refractivity contribution in [2.75, 3.05) is 19.7 Å². The Bertz CT molecular complexity index is 535. The number of imidazole rings is 1. The predicted molar refractivity (Wildman–Crippen MR) is 70.1 cm³/mol. The Kier molecular flexibility index (Phi) is 3.95. The molecule has 1 aromatic heterocycles. The summed E-state index contributed by atoms with van der Waals surface area (Å²) >= 11 is 0. The number of aromatic nitrogens is 2. The smallest absolute Gasteiger partial charge is 0.262 e. The number of sulfonamides is 1. The standard InChI is InChI=1S/C11H20N4O3S/c1-8-7-18-10(4-12)5-15(8)19(16,17)11-6-14(3)9(2)13-11/h6,8,10H,4-5,7,12H2,1-3H3. The van der Waals surface area contributed by atoms with Crippen molar-refractivity contribution in [2.45, 2.75) is 31.0 Å². The van der Waals surface area contributed by atoms with Crippen molar-refractivity contribution >= 4 is 10.0 Å². The number of aryl methyl sites for hydroxylation is 2. The molecule has 0 aromatic carbocycles. The van der Waals surface area contributed by atoms with Crippen LogP contribution in [0.25, 0.3) is 0 Å². The van der Waals surface area contributed by atoms with Gasteiger partial charge in [0.05, 0.1) is 12.7 Å². The zero-order valence-electron chi connectivity index (χ0n) is 11.4. The monoisotopic (exact) mass is 288 g/mol. The molecule has 0 amide bonds. The maximum atomic E-state index is 12.6. The van der Waals surface area contributed by atoms with Gasteiger partial charge in [0, 0.05) is 32.4 Å². The van der Waals surface area contributed by atoms with Crippen LogP contribution in [0.5, 0.6) is 0 Å². The van der Waals surface area contributed by atoms with Crippen LogP contribution < -0.4 is 5.73 Å². The molecule has 1 aliphatic heterocycles. The molecule has 1 saturated heterocycles. The Labute approximate surface area is 113 Å². The quantitative estimate of drug-likeness (QED) is 0.807. The van der Waals surface area contributed by atoms with E-state index in [1.807, 2.05) is 6.92 Å². The molecule has 1 aliphatic rings. The summed E-state index contributed by atoms with van der Waals surface area (Å²) in [5.41, 5.74) is 5.55. The van der Waals surface area contributed by atoms with Gasteiger partial charge in [0.2, 0.25) is 0 Å². The number of ether oxygens (including phenoxy) is 1. The molecule has 2 N–H and O–H groups in total. The van der Waals surface area contributed by atoms with Crippen LogP contribution in [0.4, 0.5) is 0 Å². The number of morpholine rings is 1. The predicted octanol–water partition coefficient (Wildman–Crippen LogP) is -0.535. The van der Waals surface area contributed by atoms with Crippen LogP contribution in [-0.4, -0.2) is 54.1 Å². The van der Waals surface area contributed by atoms with Crippen molar-refractivity contribution < 1.29 is 13.2 Å². The molecular formula is C11H20N4O3S. The molecule has 8 heteroatoms. The molecule has 2 heterocycles. The van der Waals surface area contributed by atoms with E-state index in [1.165, 1.54) is 10.5 Å². The van der Waals surface area contributed by atoms with E-state index in [9.17, 15) is 8.42 Å². The van der Waals surface area contributed by atoms with Gasteiger partial charge in [0.1, 0.15) is 5.82 Å². The van der Waals surface area contributed by atoms with Gasteiger partial charge >= 0.3 is 0 Å². The molecule has 0 spiro atoms. The van der Waals surface area contributed by atoms with Gasteiger partial charge in [-0.05, 0) is 13.8 Å². The van der Waals surface area contributed by atoms with E-state index in [4.69, 9.17) is 10.5 Å². The third kappa shape index (κ3) is 2.66. The summed E-state index contributed by atoms with van der Waals surface area (Å²) in [6.45, 7) is 4.52. The summed E-state index contributed by atoms with van der Waals surface area (Å²) in [7, 11) is -1.82. The second kappa shape index (κ2) is 5.20. The number of nitrogens with zero attached hydrogens (tertiary/aromatic N) is 3. The van der Waals surface area contributed by atoms with Gasteiger partial charge in [0.15, 0.2) is 5.03 Å². The first-order valence-electron chi connectivity index (χ1n) is 6.19. The normalized spacial score (nSPS) is 25.7. The van der Waals surface area contributed by atoms with Crippen LogP contribution in [0.2, 0.25) is 0 Å². The largest absolute Gasteiger partial charge is 0.374 e. The van der Waals surface area contributed by atoms with Gasteiger partial charge in [-0.15, -0.1) is 0 Å². The maximum absolute atomic E-state index is 12.6. The zero-order chi connectivity index (χ0) is 14.2. The van der Waals surface area contributed by atoms with Crippen molar-refractivity contribution in [3.05, 3.63) is 12.0 Å². The average Bonchev–Trinajstić information content (AvgIpc) is 2.71. The second-order valence-electron chi connectivity index (χ2n) is 4.85. The Morgan fingerprint density at radius 3 is 2.79 bits per heavy atom. The highest BCUT2D eigenvalue weighted by atomic mass is 32.2. The van der Waals surface area contributed by atoms with E-state index < -0.39 is 10.0 Å². The highest BCUT2D eigenvalue weighted by Crippen LogP contribution is 2.21. The maximum Gasteiger partial charge on any atom is 0.262 e. The second-order valence-corrected chi connectivity index (χ2v) is 6.69. The van der Waals surface area contributed by atoms with Crippen molar-refractivity contribution in [3.8, 4) is 0 Å². The van der Waals surface area contributed by atoms with Crippen molar-refractivity contribution in [3.63, 3.8) is 0 Å². The number of hydrogen-bond donors (Lipinski definition) is 1. The molecule has 7 nitrogen and oxygen atoms in total. The molecule has 1 aromatic rings. The average molecular weight is 288 g/mol. The highest BCUT2D eigenvalue weighted by molar-refractivity contribution is 7.89. The lowest BCUT2D eigenvalue weighted by Gasteiger charge is -2.36. The van der Waals surface area contributed by atoms with E-state index in [0.717, 1.165) is 0 Å². The van der Waals surface area contributed by atoms with Gasteiger partial charge in [-0.2, -0.15) is 4.31 Å². The topological polar surface area (TPSA) is 90.5 Å². The van der Waals surface area contributed by atoms with Crippen LogP contribution in [0, 0.1) is 6.92 Å². The lowest BCUT2D eigenvalue weighted by atomic mass is 10.2. The van der Waals surface area contributed by atoms with E-state index in [1.54, 1.807) is 18.5 Å². The van der Waals surface area contributed by atoms with E-state index >= 15 is 0 Å². The fourth-order valence-corrected chi connectivity index (χ4v) is 3.72. The van der Waals surface area contributed by atoms with E-state index in [2.05, 4.69) is 4.98 Å². The fraction of sp³-hybridized carbons (Fsp3) is 0.727. The van der Waals surface area contributed by atoms with Gasteiger partial charge in [0.25, 0.3) is 10.0 Å². The molecule has 19 heavy (non-hydrogen) atoms. The summed E-state index contributed by atoms with van der Waals surface area (Å²) in [5, 5.41) is 0.0806. The highest BCUT2D eigenvalue weighted by Gasteiger charge is 2.36. The summed E-state index contributed by atoms with van der Waals surface area (Å²) in [5.74, 6) is 0.662. The Morgan fingerprint density at radius 2 is 2.26 bits per heavy atom. The van der Waals surface area contributed by atoms with Gasteiger partial charge in [-0.3, -0.25) is 0 Å². The van der Waals surface area contributed by atoms with Crippen LogP contribution in [0.1, 0.15) is 12.7 Å². The van der Waals surface area contributed by atoms with Crippen molar-refractivity contribution in [2.24, 2.45) is 12.8 Å². The first-order valence-corrected chi connectivity index (χ1v) is 7.63. The molecule has 0 saturated carbocycles. The summed E-state index contributed by atoms with van der Waals surface area (Å²) in [6.07, 6.45) is 1.28. The molecule has 1 fully saturated rings. The Morgan fingerprint density at radius 1 is 1.58 bits per heavy atom. The third-order valence-corrected chi connectivity index (χ3v) is 5.22. The first-order chi connectivity index (χ1) is 8.86. The van der Waals surface area contributed by atoms with Crippen LogP contribution in [-0.2, 0) is 21.8 Å². The molecular weight excluding hydrogens is 268 g/mol. The zero-order valence-corrected chi connectivity index (χ0v) is 12.2. The Balaban J connectivity index is 2.32. The van der Waals surface area contributed by atoms with Crippen molar-refractivity contribution in [1.82, 2.24) is 13.9 Å². The molecule has 108 valence electrons. The SMILES string of the molecule is Cc1nc(S(=O)(=O)N2CC(CN)OCC2C)cn1C. The van der Waals surface area contributed by atoms with Crippen LogP contribution >= 0.6 is 0 Å². The summed E-state index contributed by atoms with van der Waals surface area (Å²) in [4.78, 5) is 4.10. The molecule has 0 bridgehead atoms. The molecule has 2 atom stereocenters. The van der Waals surface area contributed by atoms with Gasteiger partial charge < -0.3 is 15.0 Å². The lowest BCUT2D eigenvalue weighted by Crippen LogP contribution is -2.52. The molecule has 2 unspecified atom stereocenters. The molecule has 0 radical (unpaired) electrons. The fourth-order valence-electron chi connectivity index (χ4n) is 2.04. The number of nitrogens with two attached hydrogens (primary N) is 1. The third-order valence-electron chi connectivity index (χ3n) is 3.37. The van der Waals surface area contributed by atoms with Gasteiger partial charge in [-0.1, -0.05) is 0 Å². The van der Waals surface area contributed by atoms with Crippen LogP contribution in [0.3, 0.4) is 0 Å². The minimum absolute atomic E-state index is 0.0806. The van der Waals surface area contributed by atoms with Gasteiger partial charge in [-0.25, -0.2) is 13.4 Å². The molecule has 0 aliphatic carbocycles. The summed E-state index contributed by atoms with van der Waals surface area (Å²) in [6, 6.07) is -0.213. The van der Waals surface area contributed by atoms with E-state index in [-0.39, 0.29) is 23.7 Å².